The lowest BCUT2D eigenvalue weighted by Gasteiger charge is -2.07. The number of pyridine rings is 1. The van der Waals surface area contributed by atoms with E-state index in [1.54, 1.807) is 18.3 Å². The maximum absolute atomic E-state index is 11.7. The van der Waals surface area contributed by atoms with E-state index in [1.807, 2.05) is 0 Å². The minimum absolute atomic E-state index is 0.0838. The SMILES string of the molecule is COC(=O)CCCS(=O)(=O)NCc1ccnc(OC)c1. The first kappa shape index (κ1) is 16.4. The summed E-state index contributed by atoms with van der Waals surface area (Å²) in [5.74, 6) is -0.115. The lowest BCUT2D eigenvalue weighted by atomic mass is 10.3. The standard InChI is InChI=1S/C12H18N2O5S/c1-18-11-8-10(5-6-13-11)9-14-20(16,17)7-3-4-12(15)19-2/h5-6,8,14H,3-4,7,9H2,1-2H3. The molecule has 0 saturated carbocycles. The van der Waals surface area contributed by atoms with Gasteiger partial charge in [-0.3, -0.25) is 4.79 Å². The molecule has 1 aromatic rings. The minimum atomic E-state index is -3.42. The van der Waals surface area contributed by atoms with Crippen molar-refractivity contribution in [2.75, 3.05) is 20.0 Å². The van der Waals surface area contributed by atoms with Crippen LogP contribution in [-0.4, -0.2) is 39.3 Å². The van der Waals surface area contributed by atoms with Gasteiger partial charge in [0, 0.05) is 25.2 Å². The van der Waals surface area contributed by atoms with Crippen molar-refractivity contribution in [2.24, 2.45) is 0 Å². The average molecular weight is 302 g/mol. The van der Waals surface area contributed by atoms with Crippen molar-refractivity contribution >= 4 is 16.0 Å². The van der Waals surface area contributed by atoms with Gasteiger partial charge >= 0.3 is 5.97 Å². The molecule has 0 aromatic carbocycles. The molecular formula is C12H18N2O5S. The third kappa shape index (κ3) is 5.98. The quantitative estimate of drug-likeness (QED) is 0.701. The number of aromatic nitrogens is 1. The topological polar surface area (TPSA) is 94.6 Å². The van der Waals surface area contributed by atoms with Gasteiger partial charge in [0.05, 0.1) is 20.0 Å². The fourth-order valence-electron chi connectivity index (χ4n) is 1.45. The minimum Gasteiger partial charge on any atom is -0.481 e. The monoisotopic (exact) mass is 302 g/mol. The smallest absolute Gasteiger partial charge is 0.305 e. The van der Waals surface area contributed by atoms with Gasteiger partial charge in [0.1, 0.15) is 0 Å². The predicted molar refractivity (Wildman–Crippen MR) is 72.7 cm³/mol. The Morgan fingerprint density at radius 1 is 1.40 bits per heavy atom. The molecule has 0 atom stereocenters. The van der Waals surface area contributed by atoms with Crippen LogP contribution < -0.4 is 9.46 Å². The number of hydrogen-bond acceptors (Lipinski definition) is 6. The summed E-state index contributed by atoms with van der Waals surface area (Å²) in [5, 5.41) is 0. The number of carbonyl (C=O) groups excluding carboxylic acids is 1. The van der Waals surface area contributed by atoms with Crippen LogP contribution in [0.3, 0.4) is 0 Å². The molecule has 1 aromatic heterocycles. The number of hydrogen-bond donors (Lipinski definition) is 1. The Hall–Kier alpha value is -1.67. The second-order valence-electron chi connectivity index (χ2n) is 4.03. The van der Waals surface area contributed by atoms with Gasteiger partial charge in [0.15, 0.2) is 0 Å². The fraction of sp³-hybridized carbons (Fsp3) is 0.500. The van der Waals surface area contributed by atoms with E-state index in [4.69, 9.17) is 4.74 Å². The van der Waals surface area contributed by atoms with Crippen LogP contribution in [0.2, 0.25) is 0 Å². The van der Waals surface area contributed by atoms with E-state index in [1.165, 1.54) is 14.2 Å². The first-order valence-electron chi connectivity index (χ1n) is 6.00. The molecule has 1 N–H and O–H groups in total. The number of sulfonamides is 1. The second-order valence-corrected chi connectivity index (χ2v) is 5.95. The summed E-state index contributed by atoms with van der Waals surface area (Å²) >= 11 is 0. The van der Waals surface area contributed by atoms with E-state index >= 15 is 0 Å². The molecule has 7 nitrogen and oxygen atoms in total. The van der Waals surface area contributed by atoms with Crippen molar-refractivity contribution in [3.63, 3.8) is 0 Å². The van der Waals surface area contributed by atoms with Crippen LogP contribution in [0.1, 0.15) is 18.4 Å². The number of esters is 1. The van der Waals surface area contributed by atoms with Crippen LogP contribution in [0.4, 0.5) is 0 Å². The maximum Gasteiger partial charge on any atom is 0.305 e. The molecular weight excluding hydrogens is 284 g/mol. The first-order chi connectivity index (χ1) is 9.46. The third-order valence-corrected chi connectivity index (χ3v) is 3.94. The molecule has 0 aliphatic rings. The molecule has 0 fully saturated rings. The molecule has 112 valence electrons. The maximum atomic E-state index is 11.7. The summed E-state index contributed by atoms with van der Waals surface area (Å²) in [6.07, 6.45) is 1.85. The van der Waals surface area contributed by atoms with Gasteiger partial charge < -0.3 is 9.47 Å². The van der Waals surface area contributed by atoms with Crippen LogP contribution in [0.15, 0.2) is 18.3 Å². The largest absolute Gasteiger partial charge is 0.481 e. The molecule has 1 heterocycles. The van der Waals surface area contributed by atoms with Gasteiger partial charge in [-0.05, 0) is 18.1 Å². The van der Waals surface area contributed by atoms with Crippen LogP contribution >= 0.6 is 0 Å². The predicted octanol–water partition coefficient (Wildman–Crippen LogP) is 0.463. The number of ether oxygens (including phenoxy) is 2. The Morgan fingerprint density at radius 2 is 2.15 bits per heavy atom. The Morgan fingerprint density at radius 3 is 2.80 bits per heavy atom. The highest BCUT2D eigenvalue weighted by atomic mass is 32.2. The van der Waals surface area contributed by atoms with Crippen molar-refractivity contribution < 1.29 is 22.7 Å². The summed E-state index contributed by atoms with van der Waals surface area (Å²) in [6.45, 7) is 0.152. The van der Waals surface area contributed by atoms with Crippen LogP contribution in [0.5, 0.6) is 5.88 Å². The molecule has 8 heteroatoms. The van der Waals surface area contributed by atoms with Crippen LogP contribution in [-0.2, 0) is 26.1 Å². The Labute approximate surface area is 118 Å². The zero-order chi connectivity index (χ0) is 15.0. The number of nitrogens with zero attached hydrogens (tertiary/aromatic N) is 1. The molecule has 0 aliphatic carbocycles. The van der Waals surface area contributed by atoms with Gasteiger partial charge in [0.2, 0.25) is 15.9 Å². The van der Waals surface area contributed by atoms with E-state index in [0.717, 1.165) is 5.56 Å². The molecule has 0 unspecified atom stereocenters. The normalized spacial score (nSPS) is 11.1. The summed E-state index contributed by atoms with van der Waals surface area (Å²) in [5.41, 5.74) is 0.744. The molecule has 0 bridgehead atoms. The van der Waals surface area contributed by atoms with Gasteiger partial charge in [0.25, 0.3) is 0 Å². The summed E-state index contributed by atoms with van der Waals surface area (Å²) in [7, 11) is -0.663. The van der Waals surface area contributed by atoms with Gasteiger partial charge in [-0.1, -0.05) is 0 Å². The lowest BCUT2D eigenvalue weighted by molar-refractivity contribution is -0.140. The fourth-order valence-corrected chi connectivity index (χ4v) is 2.50. The van der Waals surface area contributed by atoms with Crippen molar-refractivity contribution in [1.82, 2.24) is 9.71 Å². The molecule has 0 radical (unpaired) electrons. The van der Waals surface area contributed by atoms with E-state index in [2.05, 4.69) is 14.4 Å². The summed E-state index contributed by atoms with van der Waals surface area (Å²) in [6, 6.07) is 3.34. The Balaban J connectivity index is 2.44. The van der Waals surface area contributed by atoms with Crippen molar-refractivity contribution in [3.05, 3.63) is 23.9 Å². The van der Waals surface area contributed by atoms with Gasteiger partial charge in [-0.15, -0.1) is 0 Å². The first-order valence-corrected chi connectivity index (χ1v) is 7.65. The highest BCUT2D eigenvalue weighted by Crippen LogP contribution is 2.08. The van der Waals surface area contributed by atoms with Crippen molar-refractivity contribution in [2.45, 2.75) is 19.4 Å². The number of methoxy groups -OCH3 is 2. The number of carbonyl (C=O) groups is 1. The van der Waals surface area contributed by atoms with Crippen LogP contribution in [0.25, 0.3) is 0 Å². The second kappa shape index (κ2) is 7.81. The Kier molecular flexibility index (Phi) is 6.40. The summed E-state index contributed by atoms with van der Waals surface area (Å²) in [4.78, 5) is 14.8. The molecule has 0 saturated heterocycles. The van der Waals surface area contributed by atoms with Gasteiger partial charge in [-0.2, -0.15) is 0 Å². The van der Waals surface area contributed by atoms with E-state index in [-0.39, 0.29) is 25.1 Å². The molecule has 0 aliphatic heterocycles. The van der Waals surface area contributed by atoms with E-state index in [0.29, 0.717) is 5.88 Å². The average Bonchev–Trinajstić information content (AvgIpc) is 2.45. The van der Waals surface area contributed by atoms with E-state index < -0.39 is 16.0 Å². The van der Waals surface area contributed by atoms with Gasteiger partial charge in [-0.25, -0.2) is 18.1 Å². The van der Waals surface area contributed by atoms with E-state index in [9.17, 15) is 13.2 Å². The highest BCUT2D eigenvalue weighted by Gasteiger charge is 2.11. The number of rotatable bonds is 8. The molecule has 0 amide bonds. The molecule has 20 heavy (non-hydrogen) atoms. The third-order valence-electron chi connectivity index (χ3n) is 2.53. The Bertz CT molecular complexity index is 545. The zero-order valence-corrected chi connectivity index (χ0v) is 12.3. The molecule has 1 rings (SSSR count). The van der Waals surface area contributed by atoms with Crippen molar-refractivity contribution in [1.29, 1.82) is 0 Å². The van der Waals surface area contributed by atoms with Crippen LogP contribution in [0, 0.1) is 0 Å². The number of nitrogens with one attached hydrogen (secondary N) is 1. The zero-order valence-electron chi connectivity index (χ0n) is 11.5. The lowest BCUT2D eigenvalue weighted by Crippen LogP contribution is -2.26. The summed E-state index contributed by atoms with van der Waals surface area (Å²) < 4.78 is 35.3. The van der Waals surface area contributed by atoms with Crippen molar-refractivity contribution in [3.8, 4) is 5.88 Å². The molecule has 0 spiro atoms. The highest BCUT2D eigenvalue weighted by molar-refractivity contribution is 7.89.